The van der Waals surface area contributed by atoms with Gasteiger partial charge in [-0.15, -0.1) is 0 Å². The van der Waals surface area contributed by atoms with E-state index in [1.165, 1.54) is 6.07 Å². The molecule has 9 heteroatoms. The number of esters is 1. The second-order valence-corrected chi connectivity index (χ2v) is 7.50. The van der Waals surface area contributed by atoms with Crippen LogP contribution in [-0.2, 0) is 21.1 Å². The predicted octanol–water partition coefficient (Wildman–Crippen LogP) is 2.79. The van der Waals surface area contributed by atoms with Gasteiger partial charge < -0.3 is 10.1 Å². The van der Waals surface area contributed by atoms with Crippen LogP contribution in [0.5, 0.6) is 5.75 Å². The van der Waals surface area contributed by atoms with Gasteiger partial charge in [-0.05, 0) is 54.4 Å². The molecule has 1 aliphatic rings. The quantitative estimate of drug-likeness (QED) is 0.650. The highest BCUT2D eigenvalue weighted by Gasteiger charge is 2.26. The van der Waals surface area contributed by atoms with Gasteiger partial charge in [0.05, 0.1) is 10.5 Å². The lowest BCUT2D eigenvalue weighted by Crippen LogP contribution is -2.19. The lowest BCUT2D eigenvalue weighted by atomic mass is 10.0. The molecule has 0 atom stereocenters. The Balaban J connectivity index is 1.75. The monoisotopic (exact) mass is 381 g/mol. The Hall–Kier alpha value is -2.81. The SMILES string of the molecule is O=C1CCc2cc(OC(=O)c3ccc(S(=O)(=O)C(F)F)cc3)ccc2N1. The van der Waals surface area contributed by atoms with Crippen LogP contribution >= 0.6 is 0 Å². The molecule has 0 aliphatic carbocycles. The Morgan fingerprint density at radius 2 is 1.77 bits per heavy atom. The number of halogens is 2. The number of aryl methyl sites for hydroxylation is 1. The number of amides is 1. The third kappa shape index (κ3) is 3.57. The van der Waals surface area contributed by atoms with Crippen molar-refractivity contribution < 1.29 is 31.5 Å². The number of carbonyl (C=O) groups excluding carboxylic acids is 2. The Morgan fingerprint density at radius 1 is 1.08 bits per heavy atom. The number of alkyl halides is 2. The Kier molecular flexibility index (Phi) is 4.73. The average Bonchev–Trinajstić information content (AvgIpc) is 2.61. The van der Waals surface area contributed by atoms with Crippen LogP contribution in [0.15, 0.2) is 47.4 Å². The highest BCUT2D eigenvalue weighted by Crippen LogP contribution is 2.27. The van der Waals surface area contributed by atoms with Crippen LogP contribution in [0.2, 0.25) is 0 Å². The topological polar surface area (TPSA) is 89.5 Å². The molecule has 1 aliphatic heterocycles. The summed E-state index contributed by atoms with van der Waals surface area (Å²) in [4.78, 5) is 22.9. The minimum atomic E-state index is -4.71. The van der Waals surface area contributed by atoms with Crippen LogP contribution in [0.4, 0.5) is 14.5 Å². The van der Waals surface area contributed by atoms with Crippen LogP contribution in [0.1, 0.15) is 22.3 Å². The van der Waals surface area contributed by atoms with Crippen molar-refractivity contribution in [2.45, 2.75) is 23.5 Å². The lowest BCUT2D eigenvalue weighted by molar-refractivity contribution is -0.116. The Bertz CT molecular complexity index is 971. The van der Waals surface area contributed by atoms with Crippen molar-refractivity contribution in [1.82, 2.24) is 0 Å². The average molecular weight is 381 g/mol. The van der Waals surface area contributed by atoms with Gasteiger partial charge in [0, 0.05) is 12.1 Å². The molecule has 1 heterocycles. The van der Waals surface area contributed by atoms with E-state index in [0.717, 1.165) is 29.8 Å². The number of fused-ring (bicyclic) bond motifs is 1. The van der Waals surface area contributed by atoms with Crippen LogP contribution in [0.25, 0.3) is 0 Å². The predicted molar refractivity (Wildman–Crippen MR) is 88.0 cm³/mol. The molecular weight excluding hydrogens is 368 g/mol. The molecule has 1 amide bonds. The summed E-state index contributed by atoms with van der Waals surface area (Å²) in [7, 11) is -4.71. The van der Waals surface area contributed by atoms with Crippen molar-refractivity contribution in [3.8, 4) is 5.75 Å². The minimum Gasteiger partial charge on any atom is -0.423 e. The fraction of sp³-hybridized carbons (Fsp3) is 0.176. The maximum atomic E-state index is 12.5. The van der Waals surface area contributed by atoms with Crippen LogP contribution < -0.4 is 10.1 Å². The molecule has 0 spiro atoms. The second kappa shape index (κ2) is 6.83. The molecule has 0 aromatic heterocycles. The van der Waals surface area contributed by atoms with Gasteiger partial charge in [-0.2, -0.15) is 8.78 Å². The zero-order chi connectivity index (χ0) is 18.9. The number of nitrogens with one attached hydrogen (secondary N) is 1. The number of sulfone groups is 1. The van der Waals surface area contributed by atoms with E-state index in [4.69, 9.17) is 4.74 Å². The van der Waals surface area contributed by atoms with Gasteiger partial charge in [-0.25, -0.2) is 13.2 Å². The fourth-order valence-corrected chi connectivity index (χ4v) is 3.19. The molecule has 0 radical (unpaired) electrons. The maximum absolute atomic E-state index is 12.5. The van der Waals surface area contributed by atoms with Gasteiger partial charge in [-0.1, -0.05) is 0 Å². The van der Waals surface area contributed by atoms with Crippen molar-refractivity contribution in [1.29, 1.82) is 0 Å². The van der Waals surface area contributed by atoms with E-state index in [1.54, 1.807) is 12.1 Å². The summed E-state index contributed by atoms with van der Waals surface area (Å²) >= 11 is 0. The van der Waals surface area contributed by atoms with Crippen LogP contribution in [-0.4, -0.2) is 26.1 Å². The molecule has 6 nitrogen and oxygen atoms in total. The zero-order valence-electron chi connectivity index (χ0n) is 13.2. The first-order valence-electron chi connectivity index (χ1n) is 7.54. The van der Waals surface area contributed by atoms with Gasteiger partial charge in [0.25, 0.3) is 0 Å². The summed E-state index contributed by atoms with van der Waals surface area (Å²) in [6.07, 6.45) is 0.858. The van der Waals surface area contributed by atoms with E-state index in [0.29, 0.717) is 18.5 Å². The van der Waals surface area contributed by atoms with Gasteiger partial charge in [0.1, 0.15) is 5.75 Å². The summed E-state index contributed by atoms with van der Waals surface area (Å²) in [5.41, 5.74) is 1.50. The number of carbonyl (C=O) groups is 2. The first kappa shape index (κ1) is 18.0. The van der Waals surface area contributed by atoms with E-state index < -0.39 is 26.5 Å². The normalized spacial score (nSPS) is 13.9. The van der Waals surface area contributed by atoms with E-state index in [-0.39, 0.29) is 17.2 Å². The molecule has 0 saturated heterocycles. The highest BCUT2D eigenvalue weighted by atomic mass is 32.2. The number of anilines is 1. The number of rotatable bonds is 4. The van der Waals surface area contributed by atoms with Gasteiger partial charge in [0.2, 0.25) is 15.7 Å². The Labute approximate surface area is 147 Å². The smallest absolute Gasteiger partial charge is 0.343 e. The van der Waals surface area contributed by atoms with E-state index in [9.17, 15) is 26.8 Å². The molecule has 1 N–H and O–H groups in total. The van der Waals surface area contributed by atoms with Gasteiger partial charge in [0.15, 0.2) is 0 Å². The van der Waals surface area contributed by atoms with E-state index in [2.05, 4.69) is 5.32 Å². The van der Waals surface area contributed by atoms with E-state index >= 15 is 0 Å². The maximum Gasteiger partial charge on any atom is 0.343 e. The molecule has 2 aromatic rings. The third-order valence-corrected chi connectivity index (χ3v) is 5.23. The molecule has 26 heavy (non-hydrogen) atoms. The second-order valence-electron chi connectivity index (χ2n) is 5.59. The molecular formula is C17H13F2NO5S. The highest BCUT2D eigenvalue weighted by molar-refractivity contribution is 7.91. The van der Waals surface area contributed by atoms with Gasteiger partial charge in [-0.3, -0.25) is 4.79 Å². The van der Waals surface area contributed by atoms with Crippen molar-refractivity contribution in [3.05, 3.63) is 53.6 Å². The lowest BCUT2D eigenvalue weighted by Gasteiger charge is -2.17. The van der Waals surface area contributed by atoms with Crippen LogP contribution in [0.3, 0.4) is 0 Å². The van der Waals surface area contributed by atoms with Crippen LogP contribution in [0, 0.1) is 0 Å². The van der Waals surface area contributed by atoms with Crippen molar-refractivity contribution in [2.75, 3.05) is 5.32 Å². The number of benzene rings is 2. The molecule has 2 aromatic carbocycles. The minimum absolute atomic E-state index is 0.0178. The largest absolute Gasteiger partial charge is 0.423 e. The number of hydrogen-bond acceptors (Lipinski definition) is 5. The number of hydrogen-bond donors (Lipinski definition) is 1. The summed E-state index contributed by atoms with van der Waals surface area (Å²) in [6, 6.07) is 8.83. The van der Waals surface area contributed by atoms with Gasteiger partial charge >= 0.3 is 11.7 Å². The van der Waals surface area contributed by atoms with E-state index in [1.807, 2.05) is 0 Å². The van der Waals surface area contributed by atoms with Crippen molar-refractivity contribution in [2.24, 2.45) is 0 Å². The Morgan fingerprint density at radius 3 is 2.42 bits per heavy atom. The standard InChI is InChI=1S/C17H13F2NO5S/c18-17(19)26(23,24)13-5-1-10(2-6-13)16(22)25-12-4-7-14-11(9-12)3-8-15(21)20-14/h1-2,4-7,9,17H,3,8H2,(H,20,21). The van der Waals surface area contributed by atoms with Crippen molar-refractivity contribution in [3.63, 3.8) is 0 Å². The molecule has 0 bridgehead atoms. The first-order chi connectivity index (χ1) is 12.3. The molecule has 0 unspecified atom stereocenters. The summed E-state index contributed by atoms with van der Waals surface area (Å²) < 4.78 is 53.0. The molecule has 0 saturated carbocycles. The summed E-state index contributed by atoms with van der Waals surface area (Å²) in [5.74, 6) is -4.11. The molecule has 3 rings (SSSR count). The number of ether oxygens (including phenoxy) is 1. The molecule has 136 valence electrons. The zero-order valence-corrected chi connectivity index (χ0v) is 14.1. The summed E-state index contributed by atoms with van der Waals surface area (Å²) in [5, 5.41) is 2.70. The molecule has 0 fully saturated rings. The fourth-order valence-electron chi connectivity index (χ4n) is 2.47. The summed E-state index contributed by atoms with van der Waals surface area (Å²) in [6.45, 7) is 0. The van der Waals surface area contributed by atoms with Crippen molar-refractivity contribution >= 4 is 27.4 Å². The first-order valence-corrected chi connectivity index (χ1v) is 9.09. The third-order valence-electron chi connectivity index (χ3n) is 3.84.